The standard InChI is InChI=1S/C30H50O3/c1-15-10-20-21(27-18(4)29(5,6)9-8-19(15)27)11-16(2)26-25(20)17(3)12-22-28(26)23(32)13-24(33)30(22,7)14-31/h15-22,24-28,31,33H,8-14H2,1-7H3/t15-,16-,17+,18-,19?,20?,21?,22?,24?,25?,26?,27?,28?,30+/m1/s1. The molecule has 5 rings (SSSR count). The van der Waals surface area contributed by atoms with Gasteiger partial charge in [-0.15, -0.1) is 0 Å². The van der Waals surface area contributed by atoms with Gasteiger partial charge in [-0.05, 0) is 103 Å². The van der Waals surface area contributed by atoms with Gasteiger partial charge in [-0.25, -0.2) is 0 Å². The second-order valence-corrected chi connectivity index (χ2v) is 14.7. The van der Waals surface area contributed by atoms with Crippen molar-refractivity contribution in [3.63, 3.8) is 0 Å². The monoisotopic (exact) mass is 458 g/mol. The molecular weight excluding hydrogens is 408 g/mol. The van der Waals surface area contributed by atoms with Crippen molar-refractivity contribution in [1.82, 2.24) is 0 Å². The summed E-state index contributed by atoms with van der Waals surface area (Å²) in [5, 5.41) is 21.2. The van der Waals surface area contributed by atoms with Crippen molar-refractivity contribution < 1.29 is 15.0 Å². The Morgan fingerprint density at radius 1 is 0.848 bits per heavy atom. The largest absolute Gasteiger partial charge is 0.396 e. The van der Waals surface area contributed by atoms with E-state index in [9.17, 15) is 15.0 Å². The lowest BCUT2D eigenvalue weighted by Gasteiger charge is -2.65. The third kappa shape index (κ3) is 3.37. The fourth-order valence-corrected chi connectivity index (χ4v) is 10.8. The normalized spacial score (nSPS) is 58.0. The Kier molecular flexibility index (Phi) is 5.93. The highest BCUT2D eigenvalue weighted by Crippen LogP contribution is 2.67. The van der Waals surface area contributed by atoms with Gasteiger partial charge in [-0.3, -0.25) is 4.79 Å². The summed E-state index contributed by atoms with van der Waals surface area (Å²) < 4.78 is 0. The summed E-state index contributed by atoms with van der Waals surface area (Å²) in [7, 11) is 0. The zero-order valence-electron chi connectivity index (χ0n) is 22.3. The van der Waals surface area contributed by atoms with Crippen molar-refractivity contribution in [2.24, 2.45) is 81.8 Å². The number of hydrogen-bond acceptors (Lipinski definition) is 3. The number of rotatable bonds is 1. The quantitative estimate of drug-likeness (QED) is 0.520. The molecule has 5 aliphatic carbocycles. The van der Waals surface area contributed by atoms with E-state index < -0.39 is 11.5 Å². The van der Waals surface area contributed by atoms with Gasteiger partial charge in [0, 0.05) is 17.8 Å². The van der Waals surface area contributed by atoms with Crippen LogP contribution in [0.5, 0.6) is 0 Å². The molecule has 0 saturated heterocycles. The van der Waals surface area contributed by atoms with E-state index in [1.54, 1.807) is 0 Å². The predicted molar refractivity (Wildman–Crippen MR) is 132 cm³/mol. The van der Waals surface area contributed by atoms with Crippen LogP contribution in [0, 0.1) is 81.8 Å². The Hall–Kier alpha value is -0.410. The average molecular weight is 459 g/mol. The van der Waals surface area contributed by atoms with E-state index in [2.05, 4.69) is 41.5 Å². The molecule has 0 radical (unpaired) electrons. The molecule has 5 fully saturated rings. The third-order valence-corrected chi connectivity index (χ3v) is 12.9. The number of fused-ring (bicyclic) bond motifs is 7. The van der Waals surface area contributed by atoms with Crippen LogP contribution in [0.15, 0.2) is 0 Å². The van der Waals surface area contributed by atoms with E-state index in [-0.39, 0.29) is 24.9 Å². The molecule has 5 aliphatic rings. The van der Waals surface area contributed by atoms with Crippen molar-refractivity contribution in [3.8, 4) is 0 Å². The summed E-state index contributed by atoms with van der Waals surface area (Å²) in [5.74, 6) is 7.46. The van der Waals surface area contributed by atoms with E-state index in [0.29, 0.717) is 34.9 Å². The zero-order valence-corrected chi connectivity index (χ0v) is 22.3. The molecule has 0 heterocycles. The van der Waals surface area contributed by atoms with Gasteiger partial charge in [0.15, 0.2) is 0 Å². The highest BCUT2D eigenvalue weighted by Gasteiger charge is 2.64. The summed E-state index contributed by atoms with van der Waals surface area (Å²) in [6.07, 6.45) is 5.93. The van der Waals surface area contributed by atoms with Crippen LogP contribution in [0.3, 0.4) is 0 Å². The molecule has 0 aliphatic heterocycles. The van der Waals surface area contributed by atoms with E-state index in [1.165, 1.54) is 25.7 Å². The topological polar surface area (TPSA) is 57.5 Å². The molecule has 0 amide bonds. The van der Waals surface area contributed by atoms with Gasteiger partial charge in [0.25, 0.3) is 0 Å². The van der Waals surface area contributed by atoms with Crippen LogP contribution in [0.25, 0.3) is 0 Å². The molecule has 3 heteroatoms. The lowest BCUT2D eigenvalue weighted by atomic mass is 9.39. The van der Waals surface area contributed by atoms with E-state index in [1.807, 2.05) is 6.92 Å². The van der Waals surface area contributed by atoms with Crippen LogP contribution < -0.4 is 0 Å². The molecular formula is C30H50O3. The van der Waals surface area contributed by atoms with Gasteiger partial charge in [0.2, 0.25) is 0 Å². The minimum Gasteiger partial charge on any atom is -0.396 e. The molecule has 33 heavy (non-hydrogen) atoms. The van der Waals surface area contributed by atoms with Gasteiger partial charge in [-0.2, -0.15) is 0 Å². The lowest BCUT2D eigenvalue weighted by Crippen LogP contribution is -2.63. The van der Waals surface area contributed by atoms with Gasteiger partial charge < -0.3 is 10.2 Å². The number of carbonyl (C=O) groups excluding carboxylic acids is 1. The van der Waals surface area contributed by atoms with Gasteiger partial charge in [-0.1, -0.05) is 48.5 Å². The fraction of sp³-hybridized carbons (Fsp3) is 0.967. The molecule has 0 aromatic carbocycles. The smallest absolute Gasteiger partial charge is 0.139 e. The Labute approximate surface area is 202 Å². The second-order valence-electron chi connectivity index (χ2n) is 14.7. The van der Waals surface area contributed by atoms with Crippen molar-refractivity contribution in [3.05, 3.63) is 0 Å². The molecule has 0 aromatic rings. The van der Waals surface area contributed by atoms with E-state index in [4.69, 9.17) is 0 Å². The van der Waals surface area contributed by atoms with Crippen molar-refractivity contribution in [1.29, 1.82) is 0 Å². The molecule has 0 spiro atoms. The molecule has 5 saturated carbocycles. The molecule has 9 unspecified atom stereocenters. The molecule has 2 N–H and O–H groups in total. The predicted octanol–water partition coefficient (Wildman–Crippen LogP) is 5.82. The molecule has 3 nitrogen and oxygen atoms in total. The van der Waals surface area contributed by atoms with E-state index in [0.717, 1.165) is 41.9 Å². The van der Waals surface area contributed by atoms with Crippen LogP contribution in [-0.2, 0) is 4.79 Å². The number of ketones is 1. The molecule has 188 valence electrons. The summed E-state index contributed by atoms with van der Waals surface area (Å²) in [6.45, 7) is 17.0. The summed E-state index contributed by atoms with van der Waals surface area (Å²) in [5.41, 5.74) is -0.105. The van der Waals surface area contributed by atoms with Crippen LogP contribution >= 0.6 is 0 Å². The number of aliphatic hydroxyl groups excluding tert-OH is 2. The Balaban J connectivity index is 1.52. The van der Waals surface area contributed by atoms with Crippen LogP contribution in [0.1, 0.15) is 87.0 Å². The number of Topliss-reactive ketones (excluding diaryl/α,β-unsaturated/α-hetero) is 1. The number of hydrogen-bond donors (Lipinski definition) is 2. The van der Waals surface area contributed by atoms with Gasteiger partial charge in [0.1, 0.15) is 5.78 Å². The zero-order chi connectivity index (χ0) is 24.0. The maximum atomic E-state index is 13.5. The molecule has 14 atom stereocenters. The van der Waals surface area contributed by atoms with Crippen LogP contribution in [0.2, 0.25) is 0 Å². The van der Waals surface area contributed by atoms with E-state index >= 15 is 0 Å². The summed E-state index contributed by atoms with van der Waals surface area (Å²) in [4.78, 5) is 13.5. The highest BCUT2D eigenvalue weighted by molar-refractivity contribution is 5.83. The molecule has 0 bridgehead atoms. The first-order valence-electron chi connectivity index (χ1n) is 14.2. The first-order valence-corrected chi connectivity index (χ1v) is 14.2. The summed E-state index contributed by atoms with van der Waals surface area (Å²) >= 11 is 0. The fourth-order valence-electron chi connectivity index (χ4n) is 10.8. The third-order valence-electron chi connectivity index (χ3n) is 12.9. The average Bonchev–Trinajstić information content (AvgIpc) is 2.75. The lowest BCUT2D eigenvalue weighted by molar-refractivity contribution is -0.195. The van der Waals surface area contributed by atoms with Crippen molar-refractivity contribution in [2.45, 2.75) is 93.1 Å². The van der Waals surface area contributed by atoms with Crippen molar-refractivity contribution in [2.75, 3.05) is 6.61 Å². The Morgan fingerprint density at radius 2 is 1.45 bits per heavy atom. The summed E-state index contributed by atoms with van der Waals surface area (Å²) in [6, 6.07) is 0. The van der Waals surface area contributed by atoms with Crippen LogP contribution in [-0.4, -0.2) is 28.7 Å². The minimum atomic E-state index is -0.701. The number of carbonyl (C=O) groups is 1. The van der Waals surface area contributed by atoms with Crippen molar-refractivity contribution >= 4 is 5.78 Å². The first kappa shape index (κ1) is 24.3. The second kappa shape index (κ2) is 8.05. The number of aliphatic hydroxyl groups is 2. The van der Waals surface area contributed by atoms with Gasteiger partial charge >= 0.3 is 0 Å². The SMILES string of the molecule is C[C@@H]1CC2C(C[C@@H](C)C3C4C(=O)CC(O)[C@@](C)(CO)C4C[C@H](C)C23)C2C1CCC(C)(C)[C@@H]2C. The highest BCUT2D eigenvalue weighted by atomic mass is 16.3. The van der Waals surface area contributed by atoms with Gasteiger partial charge in [0.05, 0.1) is 12.7 Å². The Bertz CT molecular complexity index is 773. The van der Waals surface area contributed by atoms with Crippen LogP contribution in [0.4, 0.5) is 0 Å². The first-order chi connectivity index (χ1) is 15.4. The molecule has 0 aromatic heterocycles. The Morgan fingerprint density at radius 3 is 2.12 bits per heavy atom. The minimum absolute atomic E-state index is 0.0134. The maximum Gasteiger partial charge on any atom is 0.139 e. The maximum absolute atomic E-state index is 13.5.